The number of carbonyl (C=O) groups is 1. The van der Waals surface area contributed by atoms with Crippen LogP contribution in [-0.4, -0.2) is 35.3 Å². The monoisotopic (exact) mass is 484 g/mol. The molecule has 9 heteroatoms. The summed E-state index contributed by atoms with van der Waals surface area (Å²) in [6.07, 6.45) is -0.703. The third-order valence-corrected chi connectivity index (χ3v) is 5.85. The summed E-state index contributed by atoms with van der Waals surface area (Å²) in [5.41, 5.74) is 1.14. The van der Waals surface area contributed by atoms with Crippen molar-refractivity contribution in [1.82, 2.24) is 10.2 Å². The van der Waals surface area contributed by atoms with Gasteiger partial charge in [0, 0.05) is 24.3 Å². The first kappa shape index (κ1) is 24.5. The SMILES string of the molecule is CC(Oc1cccc(C(F)(F)F)c1)C(=O)Nc1cccc(-c2ccc(N3CCCCCC3)nn2)c1. The van der Waals surface area contributed by atoms with E-state index in [4.69, 9.17) is 4.74 Å². The van der Waals surface area contributed by atoms with Gasteiger partial charge in [-0.25, -0.2) is 0 Å². The average molecular weight is 485 g/mol. The lowest BCUT2D eigenvalue weighted by Crippen LogP contribution is -2.30. The first-order valence-corrected chi connectivity index (χ1v) is 11.6. The second kappa shape index (κ2) is 10.8. The molecule has 2 heterocycles. The molecule has 3 aromatic rings. The maximum atomic E-state index is 12.9. The number of halogens is 3. The van der Waals surface area contributed by atoms with Crippen molar-refractivity contribution < 1.29 is 22.7 Å². The second-order valence-corrected chi connectivity index (χ2v) is 8.53. The molecule has 0 aliphatic carbocycles. The van der Waals surface area contributed by atoms with Crippen molar-refractivity contribution in [3.63, 3.8) is 0 Å². The third-order valence-electron chi connectivity index (χ3n) is 5.85. The molecule has 184 valence electrons. The number of nitrogens with zero attached hydrogens (tertiary/aromatic N) is 3. The van der Waals surface area contributed by atoms with Crippen LogP contribution in [0.3, 0.4) is 0 Å². The molecule has 1 atom stereocenters. The maximum Gasteiger partial charge on any atom is 0.416 e. The van der Waals surface area contributed by atoms with Gasteiger partial charge in [-0.05, 0) is 62.2 Å². The highest BCUT2D eigenvalue weighted by Gasteiger charge is 2.31. The van der Waals surface area contributed by atoms with Gasteiger partial charge in [0.2, 0.25) is 0 Å². The number of benzene rings is 2. The van der Waals surface area contributed by atoms with Crippen LogP contribution in [0.5, 0.6) is 5.75 Å². The Bertz CT molecular complexity index is 1140. The Kier molecular flexibility index (Phi) is 7.53. The van der Waals surface area contributed by atoms with Gasteiger partial charge in [0.25, 0.3) is 5.91 Å². The van der Waals surface area contributed by atoms with Crippen LogP contribution in [0.4, 0.5) is 24.7 Å². The topological polar surface area (TPSA) is 67.3 Å². The highest BCUT2D eigenvalue weighted by atomic mass is 19.4. The molecule has 0 radical (unpaired) electrons. The molecule has 1 amide bonds. The van der Waals surface area contributed by atoms with E-state index in [0.29, 0.717) is 11.4 Å². The Labute approximate surface area is 202 Å². The van der Waals surface area contributed by atoms with Gasteiger partial charge in [-0.1, -0.05) is 31.0 Å². The fourth-order valence-electron chi connectivity index (χ4n) is 3.95. The highest BCUT2D eigenvalue weighted by molar-refractivity contribution is 5.94. The molecular weight excluding hydrogens is 457 g/mol. The number of rotatable bonds is 6. The highest BCUT2D eigenvalue weighted by Crippen LogP contribution is 2.31. The van der Waals surface area contributed by atoms with Gasteiger partial charge in [-0.15, -0.1) is 10.2 Å². The lowest BCUT2D eigenvalue weighted by Gasteiger charge is -2.20. The van der Waals surface area contributed by atoms with Gasteiger partial charge in [-0.2, -0.15) is 13.2 Å². The van der Waals surface area contributed by atoms with Crippen LogP contribution in [0.15, 0.2) is 60.7 Å². The van der Waals surface area contributed by atoms with Crippen LogP contribution in [-0.2, 0) is 11.0 Å². The zero-order valence-corrected chi connectivity index (χ0v) is 19.4. The van der Waals surface area contributed by atoms with Crippen LogP contribution in [0, 0.1) is 0 Å². The summed E-state index contributed by atoms with van der Waals surface area (Å²) in [5.74, 6) is 0.346. The zero-order chi connectivity index (χ0) is 24.8. The summed E-state index contributed by atoms with van der Waals surface area (Å²) in [5, 5.41) is 11.5. The van der Waals surface area contributed by atoms with E-state index >= 15 is 0 Å². The number of ether oxygens (including phenoxy) is 1. The molecule has 6 nitrogen and oxygen atoms in total. The number of alkyl halides is 3. The average Bonchev–Trinajstić information content (AvgIpc) is 3.14. The van der Waals surface area contributed by atoms with E-state index in [2.05, 4.69) is 20.4 Å². The predicted octanol–water partition coefficient (Wildman–Crippen LogP) is 5.95. The van der Waals surface area contributed by atoms with Crippen LogP contribution in [0.2, 0.25) is 0 Å². The lowest BCUT2D eigenvalue weighted by molar-refractivity contribution is -0.137. The summed E-state index contributed by atoms with van der Waals surface area (Å²) in [4.78, 5) is 14.9. The molecule has 4 rings (SSSR count). The Hall–Kier alpha value is -3.62. The summed E-state index contributed by atoms with van der Waals surface area (Å²) in [6, 6.07) is 15.5. The normalized spacial score (nSPS) is 15.3. The third kappa shape index (κ3) is 6.49. The number of aromatic nitrogens is 2. The minimum Gasteiger partial charge on any atom is -0.481 e. The molecule has 1 aromatic heterocycles. The van der Waals surface area contributed by atoms with E-state index in [-0.39, 0.29) is 5.75 Å². The summed E-state index contributed by atoms with van der Waals surface area (Å²) >= 11 is 0. The fraction of sp³-hybridized carbons (Fsp3) is 0.346. The van der Waals surface area contributed by atoms with Crippen LogP contribution >= 0.6 is 0 Å². The minimum atomic E-state index is -4.49. The van der Waals surface area contributed by atoms with Gasteiger partial charge < -0.3 is 15.0 Å². The zero-order valence-electron chi connectivity index (χ0n) is 19.4. The van der Waals surface area contributed by atoms with Crippen LogP contribution in [0.25, 0.3) is 11.3 Å². The molecule has 1 saturated heterocycles. The van der Waals surface area contributed by atoms with E-state index in [1.807, 2.05) is 18.2 Å². The van der Waals surface area contributed by atoms with Gasteiger partial charge >= 0.3 is 6.18 Å². The molecule has 0 saturated carbocycles. The van der Waals surface area contributed by atoms with E-state index < -0.39 is 23.8 Å². The van der Waals surface area contributed by atoms with Gasteiger partial charge in [0.05, 0.1) is 11.3 Å². The molecule has 0 spiro atoms. The number of hydrogen-bond donors (Lipinski definition) is 1. The van der Waals surface area contributed by atoms with Gasteiger partial charge in [0.1, 0.15) is 5.75 Å². The summed E-state index contributed by atoms with van der Waals surface area (Å²) in [7, 11) is 0. The van der Waals surface area contributed by atoms with Crippen molar-refractivity contribution in [2.75, 3.05) is 23.3 Å². The van der Waals surface area contributed by atoms with Gasteiger partial charge in [0.15, 0.2) is 11.9 Å². The molecule has 1 fully saturated rings. The molecule has 0 bridgehead atoms. The van der Waals surface area contributed by atoms with Crippen LogP contribution in [0.1, 0.15) is 38.2 Å². The van der Waals surface area contributed by atoms with Crippen molar-refractivity contribution in [2.24, 2.45) is 0 Å². The minimum absolute atomic E-state index is 0.0315. The molecule has 1 aliphatic rings. The Morgan fingerprint density at radius 3 is 2.40 bits per heavy atom. The van der Waals surface area contributed by atoms with E-state index in [0.717, 1.165) is 49.4 Å². The van der Waals surface area contributed by atoms with Gasteiger partial charge in [-0.3, -0.25) is 4.79 Å². The Morgan fingerprint density at radius 1 is 0.971 bits per heavy atom. The lowest BCUT2D eigenvalue weighted by atomic mass is 10.1. The number of carbonyl (C=O) groups excluding carboxylic acids is 1. The summed E-state index contributed by atoms with van der Waals surface area (Å²) < 4.78 is 44.2. The largest absolute Gasteiger partial charge is 0.481 e. The quantitative estimate of drug-likeness (QED) is 0.468. The first-order chi connectivity index (χ1) is 16.8. The molecule has 1 aliphatic heterocycles. The fourth-order valence-corrected chi connectivity index (χ4v) is 3.95. The number of nitrogens with one attached hydrogen (secondary N) is 1. The number of amides is 1. The molecule has 1 unspecified atom stereocenters. The number of anilines is 2. The maximum absolute atomic E-state index is 12.9. The molecule has 35 heavy (non-hydrogen) atoms. The molecular formula is C26H27F3N4O2. The van der Waals surface area contributed by atoms with Crippen LogP contribution < -0.4 is 15.0 Å². The van der Waals surface area contributed by atoms with Crippen molar-refractivity contribution >= 4 is 17.4 Å². The van der Waals surface area contributed by atoms with Crippen molar-refractivity contribution in [3.8, 4) is 17.0 Å². The van der Waals surface area contributed by atoms with Crippen molar-refractivity contribution in [1.29, 1.82) is 0 Å². The molecule has 2 aromatic carbocycles. The number of hydrogen-bond acceptors (Lipinski definition) is 5. The first-order valence-electron chi connectivity index (χ1n) is 11.6. The van der Waals surface area contributed by atoms with E-state index in [9.17, 15) is 18.0 Å². The smallest absolute Gasteiger partial charge is 0.416 e. The Balaban J connectivity index is 1.40. The second-order valence-electron chi connectivity index (χ2n) is 8.53. The predicted molar refractivity (Wildman–Crippen MR) is 128 cm³/mol. The Morgan fingerprint density at radius 2 is 1.71 bits per heavy atom. The van der Waals surface area contributed by atoms with E-state index in [1.54, 1.807) is 18.2 Å². The van der Waals surface area contributed by atoms with E-state index in [1.165, 1.54) is 31.9 Å². The van der Waals surface area contributed by atoms with Crippen molar-refractivity contribution in [2.45, 2.75) is 44.9 Å². The van der Waals surface area contributed by atoms with Crippen molar-refractivity contribution in [3.05, 3.63) is 66.2 Å². The summed E-state index contributed by atoms with van der Waals surface area (Å²) in [6.45, 7) is 3.44. The molecule has 1 N–H and O–H groups in total. The standard InChI is InChI=1S/C26H27F3N4O2/c1-18(35-22-11-7-9-20(17-22)26(27,28)29)25(34)30-21-10-6-8-19(16-21)23-12-13-24(32-31-23)33-14-4-2-3-5-15-33/h6-13,16-18H,2-5,14-15H2,1H3,(H,30,34).